The first-order chi connectivity index (χ1) is 10.1. The maximum atomic E-state index is 12.1. The van der Waals surface area contributed by atoms with Crippen molar-refractivity contribution in [3.63, 3.8) is 0 Å². The average Bonchev–Trinajstić information content (AvgIpc) is 2.87. The summed E-state index contributed by atoms with van der Waals surface area (Å²) in [7, 11) is 1.80. The van der Waals surface area contributed by atoms with Crippen LogP contribution >= 0.6 is 11.8 Å². The highest BCUT2D eigenvalue weighted by atomic mass is 32.2. The number of amides is 1. The van der Waals surface area contributed by atoms with Gasteiger partial charge in [0.05, 0.1) is 10.7 Å². The van der Waals surface area contributed by atoms with Crippen LogP contribution in [0.25, 0.3) is 0 Å². The molecule has 0 aliphatic heterocycles. The van der Waals surface area contributed by atoms with Gasteiger partial charge in [-0.1, -0.05) is 19.9 Å². The molecule has 2 heterocycles. The Kier molecular flexibility index (Phi) is 5.38. The lowest BCUT2D eigenvalue weighted by molar-refractivity contribution is 0.0947. The fourth-order valence-corrected chi connectivity index (χ4v) is 2.55. The summed E-state index contributed by atoms with van der Waals surface area (Å²) in [6.45, 7) is 4.73. The zero-order chi connectivity index (χ0) is 15.2. The van der Waals surface area contributed by atoms with Crippen LogP contribution in [0.15, 0.2) is 35.5 Å². The minimum Gasteiger partial charge on any atom is -0.350 e. The second-order valence-corrected chi connectivity index (χ2v) is 6.12. The largest absolute Gasteiger partial charge is 0.350 e. The molecular formula is C15H20N4OS. The van der Waals surface area contributed by atoms with Crippen LogP contribution in [-0.2, 0) is 7.05 Å². The van der Waals surface area contributed by atoms with Gasteiger partial charge < -0.3 is 5.32 Å². The van der Waals surface area contributed by atoms with E-state index >= 15 is 0 Å². The molecule has 0 unspecified atom stereocenters. The molecule has 21 heavy (non-hydrogen) atoms. The van der Waals surface area contributed by atoms with E-state index in [1.165, 1.54) is 0 Å². The zero-order valence-electron chi connectivity index (χ0n) is 12.5. The SMILES string of the molecule is CC(C)c1cc(C(=O)NCCSc2ccccn2)n(C)n1. The van der Waals surface area contributed by atoms with Crippen molar-refractivity contribution in [1.29, 1.82) is 0 Å². The highest BCUT2D eigenvalue weighted by molar-refractivity contribution is 7.99. The smallest absolute Gasteiger partial charge is 0.269 e. The normalized spacial score (nSPS) is 10.9. The number of rotatable bonds is 6. The van der Waals surface area contributed by atoms with E-state index in [1.807, 2.05) is 24.3 Å². The van der Waals surface area contributed by atoms with Gasteiger partial charge in [0.15, 0.2) is 0 Å². The minimum atomic E-state index is -0.0847. The summed E-state index contributed by atoms with van der Waals surface area (Å²) in [5.74, 6) is 1.02. The van der Waals surface area contributed by atoms with Gasteiger partial charge in [-0.3, -0.25) is 9.48 Å². The number of hydrogen-bond acceptors (Lipinski definition) is 4. The summed E-state index contributed by atoms with van der Waals surface area (Å²) in [5.41, 5.74) is 1.53. The number of aromatic nitrogens is 3. The fraction of sp³-hybridized carbons (Fsp3) is 0.400. The lowest BCUT2D eigenvalue weighted by atomic mass is 10.1. The van der Waals surface area contributed by atoms with E-state index < -0.39 is 0 Å². The van der Waals surface area contributed by atoms with E-state index in [4.69, 9.17) is 0 Å². The highest BCUT2D eigenvalue weighted by Crippen LogP contribution is 2.14. The van der Waals surface area contributed by atoms with Gasteiger partial charge >= 0.3 is 0 Å². The van der Waals surface area contributed by atoms with Crippen LogP contribution in [0.3, 0.4) is 0 Å². The monoisotopic (exact) mass is 304 g/mol. The summed E-state index contributed by atoms with van der Waals surface area (Å²) in [6.07, 6.45) is 1.77. The molecule has 112 valence electrons. The highest BCUT2D eigenvalue weighted by Gasteiger charge is 2.14. The molecule has 0 saturated carbocycles. The molecule has 0 aromatic carbocycles. The second-order valence-electron chi connectivity index (χ2n) is 5.01. The lowest BCUT2D eigenvalue weighted by Gasteiger charge is -2.04. The van der Waals surface area contributed by atoms with Gasteiger partial charge in [-0.25, -0.2) is 4.98 Å². The maximum Gasteiger partial charge on any atom is 0.269 e. The van der Waals surface area contributed by atoms with E-state index in [9.17, 15) is 4.79 Å². The molecule has 0 aliphatic carbocycles. The number of nitrogens with one attached hydrogen (secondary N) is 1. The Balaban J connectivity index is 1.82. The van der Waals surface area contributed by atoms with Crippen molar-refractivity contribution in [2.75, 3.05) is 12.3 Å². The van der Waals surface area contributed by atoms with Crippen molar-refractivity contribution in [1.82, 2.24) is 20.1 Å². The van der Waals surface area contributed by atoms with Crippen LogP contribution in [0, 0.1) is 0 Å². The van der Waals surface area contributed by atoms with Crippen molar-refractivity contribution >= 4 is 17.7 Å². The van der Waals surface area contributed by atoms with Crippen LogP contribution < -0.4 is 5.32 Å². The van der Waals surface area contributed by atoms with Gasteiger partial charge in [-0.15, -0.1) is 11.8 Å². The average molecular weight is 304 g/mol. The third-order valence-electron chi connectivity index (χ3n) is 3.00. The third kappa shape index (κ3) is 4.32. The van der Waals surface area contributed by atoms with Crippen LogP contribution in [-0.4, -0.2) is 33.0 Å². The van der Waals surface area contributed by atoms with Gasteiger partial charge in [0.25, 0.3) is 5.91 Å². The Morgan fingerprint density at radius 3 is 2.86 bits per heavy atom. The van der Waals surface area contributed by atoms with Crippen molar-refractivity contribution in [3.05, 3.63) is 41.9 Å². The van der Waals surface area contributed by atoms with Gasteiger partial charge in [-0.05, 0) is 24.1 Å². The molecule has 2 rings (SSSR count). The quantitative estimate of drug-likeness (QED) is 0.658. The Morgan fingerprint density at radius 2 is 2.24 bits per heavy atom. The van der Waals surface area contributed by atoms with Gasteiger partial charge in [0.1, 0.15) is 5.69 Å². The standard InChI is InChI=1S/C15H20N4OS/c1-11(2)12-10-13(19(3)18-12)15(20)17-8-9-21-14-6-4-5-7-16-14/h4-7,10-11H,8-9H2,1-3H3,(H,17,20). The predicted molar refractivity (Wildman–Crippen MR) is 84.6 cm³/mol. The van der Waals surface area contributed by atoms with Gasteiger partial charge in [0, 0.05) is 25.5 Å². The second kappa shape index (κ2) is 7.26. The summed E-state index contributed by atoms with van der Waals surface area (Å²) in [4.78, 5) is 16.3. The molecule has 0 spiro atoms. The topological polar surface area (TPSA) is 59.8 Å². The number of carbonyl (C=O) groups is 1. The van der Waals surface area contributed by atoms with E-state index in [-0.39, 0.29) is 5.91 Å². The fourth-order valence-electron chi connectivity index (χ4n) is 1.83. The summed E-state index contributed by atoms with van der Waals surface area (Å²) >= 11 is 1.62. The molecule has 2 aromatic rings. The Labute approximate surface area is 129 Å². The third-order valence-corrected chi connectivity index (χ3v) is 3.94. The number of thioether (sulfide) groups is 1. The van der Waals surface area contributed by atoms with Crippen LogP contribution in [0.4, 0.5) is 0 Å². The molecule has 1 N–H and O–H groups in total. The molecular weight excluding hydrogens is 284 g/mol. The number of nitrogens with zero attached hydrogens (tertiary/aromatic N) is 3. The van der Waals surface area contributed by atoms with Crippen molar-refractivity contribution in [2.45, 2.75) is 24.8 Å². The zero-order valence-corrected chi connectivity index (χ0v) is 13.4. The van der Waals surface area contributed by atoms with Gasteiger partial charge in [-0.2, -0.15) is 5.10 Å². The van der Waals surface area contributed by atoms with E-state index in [2.05, 4.69) is 29.2 Å². The molecule has 0 aliphatic rings. The number of carbonyl (C=O) groups excluding carboxylic acids is 1. The molecule has 0 bridgehead atoms. The van der Waals surface area contributed by atoms with E-state index in [1.54, 1.807) is 29.7 Å². The molecule has 1 amide bonds. The number of aryl methyl sites for hydroxylation is 1. The Hall–Kier alpha value is -1.82. The molecule has 2 aromatic heterocycles. The van der Waals surface area contributed by atoms with Crippen molar-refractivity contribution in [3.8, 4) is 0 Å². The molecule has 6 heteroatoms. The Bertz CT molecular complexity index is 595. The maximum absolute atomic E-state index is 12.1. The first kappa shape index (κ1) is 15.6. The molecule has 0 saturated heterocycles. The first-order valence-electron chi connectivity index (χ1n) is 6.94. The van der Waals surface area contributed by atoms with Crippen LogP contribution in [0.5, 0.6) is 0 Å². The van der Waals surface area contributed by atoms with Gasteiger partial charge in [0.2, 0.25) is 0 Å². The Morgan fingerprint density at radius 1 is 1.43 bits per heavy atom. The molecule has 0 fully saturated rings. The predicted octanol–water partition coefficient (Wildman–Crippen LogP) is 2.46. The minimum absolute atomic E-state index is 0.0847. The first-order valence-corrected chi connectivity index (χ1v) is 7.92. The number of hydrogen-bond donors (Lipinski definition) is 1. The van der Waals surface area contributed by atoms with E-state index in [0.717, 1.165) is 16.5 Å². The summed E-state index contributed by atoms with van der Waals surface area (Å²) in [5, 5.41) is 8.23. The molecule has 5 nitrogen and oxygen atoms in total. The van der Waals surface area contributed by atoms with Crippen molar-refractivity contribution in [2.24, 2.45) is 7.05 Å². The molecule has 0 atom stereocenters. The molecule has 0 radical (unpaired) electrons. The van der Waals surface area contributed by atoms with Crippen LogP contribution in [0.2, 0.25) is 0 Å². The van der Waals surface area contributed by atoms with E-state index in [0.29, 0.717) is 18.2 Å². The lowest BCUT2D eigenvalue weighted by Crippen LogP contribution is -2.27. The van der Waals surface area contributed by atoms with Crippen molar-refractivity contribution < 1.29 is 4.79 Å². The summed E-state index contributed by atoms with van der Waals surface area (Å²) < 4.78 is 1.64. The number of pyridine rings is 1. The van der Waals surface area contributed by atoms with Crippen LogP contribution in [0.1, 0.15) is 35.9 Å². The summed E-state index contributed by atoms with van der Waals surface area (Å²) in [6, 6.07) is 7.66.